The van der Waals surface area contributed by atoms with Crippen molar-refractivity contribution in [1.82, 2.24) is 20.0 Å². The number of carbonyl (C=O) groups is 2. The summed E-state index contributed by atoms with van der Waals surface area (Å²) in [5.74, 6) is -0.393. The Kier molecular flexibility index (Phi) is 3.50. The first kappa shape index (κ1) is 17.6. The monoisotopic (exact) mass is 381 g/mol. The van der Waals surface area contributed by atoms with E-state index in [9.17, 15) is 22.8 Å². The molecule has 4 rings (SSSR count). The molecule has 0 radical (unpaired) electrons. The average Bonchev–Trinajstić information content (AvgIpc) is 3.13. The second-order valence-corrected chi connectivity index (χ2v) is 7.67. The highest BCUT2D eigenvalue weighted by atomic mass is 19.4. The first-order valence-corrected chi connectivity index (χ1v) is 8.45. The lowest BCUT2D eigenvalue weighted by molar-refractivity contribution is -0.137. The van der Waals surface area contributed by atoms with Gasteiger partial charge in [-0.05, 0) is 12.5 Å². The fourth-order valence-corrected chi connectivity index (χ4v) is 4.10. The predicted octanol–water partition coefficient (Wildman–Crippen LogP) is 2.17. The van der Waals surface area contributed by atoms with Crippen molar-refractivity contribution in [2.45, 2.75) is 32.0 Å². The first-order valence-electron chi connectivity index (χ1n) is 8.45. The standard InChI is InChI=1S/C17H18F3N5O2/c1-15(2)8-24(4-3-16(15)13(26)22-14(27)23-16)11-5-10(17(18,19)20)7-25-9-21-6-12(11)25/h5-7,9H,3-4,8H2,1-2H3,(H2,22,23,26,27). The summed E-state index contributed by atoms with van der Waals surface area (Å²) in [6.45, 7) is 4.26. The Morgan fingerprint density at radius 2 is 2.00 bits per heavy atom. The van der Waals surface area contributed by atoms with Gasteiger partial charge in [-0.1, -0.05) is 13.8 Å². The summed E-state index contributed by atoms with van der Waals surface area (Å²) < 4.78 is 41.3. The Hall–Kier alpha value is -2.78. The van der Waals surface area contributed by atoms with Crippen LogP contribution >= 0.6 is 0 Å². The van der Waals surface area contributed by atoms with Crippen LogP contribution in [0.5, 0.6) is 0 Å². The van der Waals surface area contributed by atoms with Crippen LogP contribution in [0.25, 0.3) is 5.52 Å². The van der Waals surface area contributed by atoms with Crippen molar-refractivity contribution < 1.29 is 22.8 Å². The van der Waals surface area contributed by atoms with E-state index in [1.54, 1.807) is 0 Å². The van der Waals surface area contributed by atoms with Crippen molar-refractivity contribution in [1.29, 1.82) is 0 Å². The van der Waals surface area contributed by atoms with Gasteiger partial charge in [0.15, 0.2) is 0 Å². The molecule has 0 aliphatic carbocycles. The molecule has 2 aromatic rings. The number of imidazole rings is 1. The molecule has 2 aliphatic rings. The number of urea groups is 1. The van der Waals surface area contributed by atoms with Crippen LogP contribution in [0.15, 0.2) is 24.8 Å². The molecular formula is C17H18F3N5O2. The van der Waals surface area contributed by atoms with E-state index >= 15 is 0 Å². The fraction of sp³-hybridized carbons (Fsp3) is 0.471. The molecule has 2 aromatic heterocycles. The molecule has 1 spiro atoms. The number of amides is 3. The molecular weight excluding hydrogens is 363 g/mol. The van der Waals surface area contributed by atoms with E-state index in [2.05, 4.69) is 15.6 Å². The molecule has 1 unspecified atom stereocenters. The van der Waals surface area contributed by atoms with Crippen molar-refractivity contribution in [3.63, 3.8) is 0 Å². The van der Waals surface area contributed by atoms with E-state index in [-0.39, 0.29) is 6.42 Å². The van der Waals surface area contributed by atoms with Crippen LogP contribution < -0.4 is 15.5 Å². The zero-order valence-corrected chi connectivity index (χ0v) is 14.7. The Balaban J connectivity index is 1.75. The number of hydrogen-bond acceptors (Lipinski definition) is 4. The number of imide groups is 1. The van der Waals surface area contributed by atoms with Crippen molar-refractivity contribution in [2.24, 2.45) is 5.41 Å². The number of carbonyl (C=O) groups excluding carboxylic acids is 2. The van der Waals surface area contributed by atoms with Crippen molar-refractivity contribution in [3.8, 4) is 0 Å². The third-order valence-corrected chi connectivity index (χ3v) is 5.61. The van der Waals surface area contributed by atoms with Crippen molar-refractivity contribution in [2.75, 3.05) is 18.0 Å². The molecule has 2 fully saturated rings. The van der Waals surface area contributed by atoms with Crippen LogP contribution in [0.3, 0.4) is 0 Å². The number of anilines is 1. The Bertz CT molecular complexity index is 952. The molecule has 2 N–H and O–H groups in total. The van der Waals surface area contributed by atoms with Crippen LogP contribution in [-0.2, 0) is 11.0 Å². The zero-order chi connectivity index (χ0) is 19.6. The highest BCUT2D eigenvalue weighted by molar-refractivity contribution is 6.07. The zero-order valence-electron chi connectivity index (χ0n) is 14.7. The van der Waals surface area contributed by atoms with Gasteiger partial charge in [0.2, 0.25) is 0 Å². The summed E-state index contributed by atoms with van der Waals surface area (Å²) in [5.41, 5.74) is -1.59. The topological polar surface area (TPSA) is 78.7 Å². The van der Waals surface area contributed by atoms with Gasteiger partial charge in [0, 0.05) is 24.7 Å². The molecule has 10 heteroatoms. The minimum atomic E-state index is -4.49. The van der Waals surface area contributed by atoms with E-state index < -0.39 is 34.6 Å². The van der Waals surface area contributed by atoms with Gasteiger partial charge in [-0.2, -0.15) is 13.2 Å². The summed E-state index contributed by atoms with van der Waals surface area (Å²) in [6, 6.07) is 0.567. The highest BCUT2D eigenvalue weighted by Crippen LogP contribution is 2.43. The van der Waals surface area contributed by atoms with E-state index in [1.807, 2.05) is 18.7 Å². The third kappa shape index (κ3) is 2.54. The number of alkyl halides is 3. The van der Waals surface area contributed by atoms with Gasteiger partial charge in [-0.25, -0.2) is 9.78 Å². The van der Waals surface area contributed by atoms with Crippen molar-refractivity contribution in [3.05, 3.63) is 30.4 Å². The summed E-state index contributed by atoms with van der Waals surface area (Å²) in [6.07, 6.45) is -0.355. The Morgan fingerprint density at radius 1 is 1.26 bits per heavy atom. The number of nitrogens with zero attached hydrogens (tertiary/aromatic N) is 3. The predicted molar refractivity (Wildman–Crippen MR) is 90.2 cm³/mol. The number of aromatic nitrogens is 2. The Labute approximate surface area is 152 Å². The van der Waals surface area contributed by atoms with E-state index in [0.29, 0.717) is 24.3 Å². The second-order valence-electron chi connectivity index (χ2n) is 7.67. The lowest BCUT2D eigenvalue weighted by atomic mass is 9.67. The lowest BCUT2D eigenvalue weighted by Gasteiger charge is -2.50. The number of halogens is 3. The van der Waals surface area contributed by atoms with E-state index in [1.165, 1.54) is 16.9 Å². The largest absolute Gasteiger partial charge is 0.417 e. The number of rotatable bonds is 1. The summed E-state index contributed by atoms with van der Waals surface area (Å²) >= 11 is 0. The maximum Gasteiger partial charge on any atom is 0.417 e. The normalized spacial score (nSPS) is 25.1. The Morgan fingerprint density at radius 3 is 2.59 bits per heavy atom. The minimum Gasteiger partial charge on any atom is -0.369 e. The molecule has 2 saturated heterocycles. The molecule has 7 nitrogen and oxygen atoms in total. The molecule has 3 amide bonds. The maximum atomic E-state index is 13.3. The average molecular weight is 381 g/mol. The maximum absolute atomic E-state index is 13.3. The number of fused-ring (bicyclic) bond motifs is 1. The highest BCUT2D eigenvalue weighted by Gasteiger charge is 2.58. The molecule has 0 bridgehead atoms. The SMILES string of the molecule is CC1(C)CN(c2cc(C(F)(F)F)cn3cncc23)CCC12NC(=O)NC2=O. The van der Waals surface area contributed by atoms with E-state index in [0.717, 1.165) is 12.3 Å². The van der Waals surface area contributed by atoms with Crippen LogP contribution in [0.1, 0.15) is 25.8 Å². The molecule has 1 atom stereocenters. The quantitative estimate of drug-likeness (QED) is 0.742. The van der Waals surface area contributed by atoms with Gasteiger partial charge in [0.05, 0.1) is 29.3 Å². The van der Waals surface area contributed by atoms with Gasteiger partial charge in [0.1, 0.15) is 5.54 Å². The first-order chi connectivity index (χ1) is 12.5. The summed E-state index contributed by atoms with van der Waals surface area (Å²) in [4.78, 5) is 29.8. The van der Waals surface area contributed by atoms with Gasteiger partial charge in [-0.3, -0.25) is 10.1 Å². The summed E-state index contributed by atoms with van der Waals surface area (Å²) in [7, 11) is 0. The second kappa shape index (κ2) is 5.37. The number of piperidine rings is 1. The van der Waals surface area contributed by atoms with Gasteiger partial charge in [0.25, 0.3) is 5.91 Å². The fourth-order valence-electron chi connectivity index (χ4n) is 4.10. The number of nitrogens with one attached hydrogen (secondary N) is 2. The van der Waals surface area contributed by atoms with Crippen LogP contribution in [0.4, 0.5) is 23.7 Å². The minimum absolute atomic E-state index is 0.286. The smallest absolute Gasteiger partial charge is 0.369 e. The summed E-state index contributed by atoms with van der Waals surface area (Å²) in [5, 5.41) is 5.00. The molecule has 4 heterocycles. The van der Waals surface area contributed by atoms with Gasteiger partial charge >= 0.3 is 12.2 Å². The molecule has 0 saturated carbocycles. The lowest BCUT2D eigenvalue weighted by Crippen LogP contribution is -2.66. The number of hydrogen-bond donors (Lipinski definition) is 2. The van der Waals surface area contributed by atoms with Crippen LogP contribution in [0.2, 0.25) is 0 Å². The van der Waals surface area contributed by atoms with Gasteiger partial charge < -0.3 is 14.6 Å². The van der Waals surface area contributed by atoms with Crippen LogP contribution in [0, 0.1) is 5.41 Å². The van der Waals surface area contributed by atoms with Crippen molar-refractivity contribution >= 4 is 23.1 Å². The van der Waals surface area contributed by atoms with Crippen LogP contribution in [-0.4, -0.2) is 40.0 Å². The van der Waals surface area contributed by atoms with Gasteiger partial charge in [-0.15, -0.1) is 0 Å². The molecule has 27 heavy (non-hydrogen) atoms. The number of pyridine rings is 1. The molecule has 144 valence electrons. The third-order valence-electron chi connectivity index (χ3n) is 5.61. The molecule has 0 aromatic carbocycles. The molecule has 2 aliphatic heterocycles. The van der Waals surface area contributed by atoms with E-state index in [4.69, 9.17) is 0 Å².